The molecule has 150 valence electrons. The standard InChI is InChI=1S/C22H29N3O3/c1-14(21(27)25-17-9-7-16(8-10-17)22(3,4)5)23-19-13-18(24-15(2)26)11-12-20(19)28-6/h7-14,23H,1-6H3,(H,24,26)(H,25,27). The molecule has 0 spiro atoms. The molecule has 6 nitrogen and oxygen atoms in total. The molecular weight excluding hydrogens is 354 g/mol. The number of hydrogen-bond donors (Lipinski definition) is 3. The maximum Gasteiger partial charge on any atom is 0.246 e. The van der Waals surface area contributed by atoms with Crippen molar-refractivity contribution in [3.05, 3.63) is 48.0 Å². The van der Waals surface area contributed by atoms with Gasteiger partial charge in [0.15, 0.2) is 0 Å². The van der Waals surface area contributed by atoms with Crippen molar-refractivity contribution in [2.75, 3.05) is 23.1 Å². The van der Waals surface area contributed by atoms with Crippen molar-refractivity contribution in [2.45, 2.75) is 46.1 Å². The summed E-state index contributed by atoms with van der Waals surface area (Å²) in [7, 11) is 1.56. The molecule has 2 aromatic carbocycles. The highest BCUT2D eigenvalue weighted by Crippen LogP contribution is 2.29. The van der Waals surface area contributed by atoms with E-state index in [1.54, 1.807) is 32.2 Å². The predicted octanol–water partition coefficient (Wildman–Crippen LogP) is 4.39. The van der Waals surface area contributed by atoms with Gasteiger partial charge in [0.05, 0.1) is 12.8 Å². The fourth-order valence-corrected chi connectivity index (χ4v) is 2.70. The Balaban J connectivity index is 2.08. The molecule has 0 saturated heterocycles. The lowest BCUT2D eigenvalue weighted by molar-refractivity contribution is -0.116. The van der Waals surface area contributed by atoms with Crippen molar-refractivity contribution in [1.29, 1.82) is 0 Å². The second-order valence-corrected chi connectivity index (χ2v) is 7.78. The molecule has 1 unspecified atom stereocenters. The summed E-state index contributed by atoms with van der Waals surface area (Å²) in [5.41, 5.74) is 3.26. The van der Waals surface area contributed by atoms with E-state index in [9.17, 15) is 9.59 Å². The van der Waals surface area contributed by atoms with Crippen molar-refractivity contribution in [3.8, 4) is 5.75 Å². The number of carbonyl (C=O) groups is 2. The van der Waals surface area contributed by atoms with Crippen LogP contribution >= 0.6 is 0 Å². The lowest BCUT2D eigenvalue weighted by Gasteiger charge is -2.20. The molecule has 2 amide bonds. The molecule has 28 heavy (non-hydrogen) atoms. The second kappa shape index (κ2) is 8.78. The van der Waals surface area contributed by atoms with E-state index in [0.29, 0.717) is 17.1 Å². The Morgan fingerprint density at radius 2 is 1.57 bits per heavy atom. The number of amides is 2. The highest BCUT2D eigenvalue weighted by atomic mass is 16.5. The summed E-state index contributed by atoms with van der Waals surface area (Å²) in [5.74, 6) is 0.249. The van der Waals surface area contributed by atoms with E-state index in [1.165, 1.54) is 12.5 Å². The van der Waals surface area contributed by atoms with Gasteiger partial charge < -0.3 is 20.7 Å². The number of carbonyl (C=O) groups excluding carboxylic acids is 2. The van der Waals surface area contributed by atoms with E-state index in [0.717, 1.165) is 5.69 Å². The van der Waals surface area contributed by atoms with Crippen molar-refractivity contribution in [3.63, 3.8) is 0 Å². The zero-order valence-corrected chi connectivity index (χ0v) is 17.3. The molecule has 2 aromatic rings. The van der Waals surface area contributed by atoms with Crippen molar-refractivity contribution in [2.24, 2.45) is 0 Å². The van der Waals surface area contributed by atoms with Gasteiger partial charge in [0.1, 0.15) is 11.8 Å². The molecule has 0 fully saturated rings. The third-order valence-corrected chi connectivity index (χ3v) is 4.30. The first-order valence-electron chi connectivity index (χ1n) is 9.23. The summed E-state index contributed by atoms with van der Waals surface area (Å²) < 4.78 is 5.34. The molecule has 3 N–H and O–H groups in total. The normalized spacial score (nSPS) is 12.1. The van der Waals surface area contributed by atoms with Crippen LogP contribution in [0.5, 0.6) is 5.75 Å². The summed E-state index contributed by atoms with van der Waals surface area (Å²) in [6.45, 7) is 9.65. The lowest BCUT2D eigenvalue weighted by atomic mass is 9.87. The van der Waals surface area contributed by atoms with Crippen LogP contribution in [0.15, 0.2) is 42.5 Å². The van der Waals surface area contributed by atoms with Gasteiger partial charge in [-0.15, -0.1) is 0 Å². The van der Waals surface area contributed by atoms with Crippen LogP contribution in [0.4, 0.5) is 17.1 Å². The first kappa shape index (κ1) is 21.3. The number of nitrogens with one attached hydrogen (secondary N) is 3. The molecule has 0 radical (unpaired) electrons. The highest BCUT2D eigenvalue weighted by Gasteiger charge is 2.17. The molecule has 0 saturated carbocycles. The molecule has 0 aromatic heterocycles. The Bertz CT molecular complexity index is 839. The van der Waals surface area contributed by atoms with Gasteiger partial charge in [0.2, 0.25) is 11.8 Å². The first-order chi connectivity index (χ1) is 13.1. The monoisotopic (exact) mass is 383 g/mol. The van der Waals surface area contributed by atoms with Crippen LogP contribution in [0.3, 0.4) is 0 Å². The maximum absolute atomic E-state index is 12.6. The van der Waals surface area contributed by atoms with E-state index in [2.05, 4.69) is 36.7 Å². The fourth-order valence-electron chi connectivity index (χ4n) is 2.70. The lowest BCUT2D eigenvalue weighted by Crippen LogP contribution is -2.32. The van der Waals surface area contributed by atoms with Gasteiger partial charge in [-0.3, -0.25) is 9.59 Å². The number of anilines is 3. The van der Waals surface area contributed by atoms with Crippen LogP contribution in [-0.4, -0.2) is 25.0 Å². The van der Waals surface area contributed by atoms with Gasteiger partial charge in [-0.2, -0.15) is 0 Å². The van der Waals surface area contributed by atoms with E-state index in [1.807, 2.05) is 24.3 Å². The minimum atomic E-state index is -0.510. The van der Waals surface area contributed by atoms with Gasteiger partial charge in [-0.1, -0.05) is 32.9 Å². The molecular formula is C22H29N3O3. The smallest absolute Gasteiger partial charge is 0.246 e. The largest absolute Gasteiger partial charge is 0.495 e. The van der Waals surface area contributed by atoms with Gasteiger partial charge in [0, 0.05) is 18.3 Å². The molecule has 0 aliphatic rings. The maximum atomic E-state index is 12.6. The third kappa shape index (κ3) is 5.74. The zero-order chi connectivity index (χ0) is 20.9. The second-order valence-electron chi connectivity index (χ2n) is 7.78. The minimum Gasteiger partial charge on any atom is -0.495 e. The zero-order valence-electron chi connectivity index (χ0n) is 17.3. The number of ether oxygens (including phenoxy) is 1. The molecule has 0 bridgehead atoms. The van der Waals surface area contributed by atoms with Crippen LogP contribution in [-0.2, 0) is 15.0 Å². The number of rotatable bonds is 6. The average Bonchev–Trinajstić information content (AvgIpc) is 2.61. The van der Waals surface area contributed by atoms with Crippen LogP contribution in [0.1, 0.15) is 40.2 Å². The summed E-state index contributed by atoms with van der Waals surface area (Å²) in [4.78, 5) is 23.8. The van der Waals surface area contributed by atoms with Crippen LogP contribution < -0.4 is 20.7 Å². The molecule has 1 atom stereocenters. The van der Waals surface area contributed by atoms with Gasteiger partial charge >= 0.3 is 0 Å². The average molecular weight is 383 g/mol. The van der Waals surface area contributed by atoms with E-state index in [4.69, 9.17) is 4.74 Å². The van der Waals surface area contributed by atoms with Gasteiger partial charge in [-0.25, -0.2) is 0 Å². The van der Waals surface area contributed by atoms with Crippen molar-refractivity contribution < 1.29 is 14.3 Å². The Morgan fingerprint density at radius 3 is 2.11 bits per heavy atom. The quantitative estimate of drug-likeness (QED) is 0.691. The topological polar surface area (TPSA) is 79.5 Å². The Hall–Kier alpha value is -3.02. The third-order valence-electron chi connectivity index (χ3n) is 4.30. The molecule has 2 rings (SSSR count). The molecule has 0 aliphatic heterocycles. The molecule has 6 heteroatoms. The number of hydrogen-bond acceptors (Lipinski definition) is 4. The van der Waals surface area contributed by atoms with Gasteiger partial charge in [0.25, 0.3) is 0 Å². The summed E-state index contributed by atoms with van der Waals surface area (Å²) in [6, 6.07) is 12.6. The van der Waals surface area contributed by atoms with E-state index < -0.39 is 6.04 Å². The Labute approximate surface area is 166 Å². The number of methoxy groups -OCH3 is 1. The minimum absolute atomic E-state index is 0.0624. The Morgan fingerprint density at radius 1 is 0.964 bits per heavy atom. The molecule has 0 heterocycles. The summed E-state index contributed by atoms with van der Waals surface area (Å²) in [5, 5.41) is 8.78. The summed E-state index contributed by atoms with van der Waals surface area (Å²) in [6.07, 6.45) is 0. The van der Waals surface area contributed by atoms with Crippen LogP contribution in [0.2, 0.25) is 0 Å². The Kier molecular flexibility index (Phi) is 6.67. The van der Waals surface area contributed by atoms with E-state index in [-0.39, 0.29) is 17.2 Å². The van der Waals surface area contributed by atoms with Crippen molar-refractivity contribution >= 4 is 28.9 Å². The van der Waals surface area contributed by atoms with E-state index >= 15 is 0 Å². The summed E-state index contributed by atoms with van der Waals surface area (Å²) >= 11 is 0. The highest BCUT2D eigenvalue weighted by molar-refractivity contribution is 5.97. The van der Waals surface area contributed by atoms with Crippen LogP contribution in [0.25, 0.3) is 0 Å². The SMILES string of the molecule is COc1ccc(NC(C)=O)cc1NC(C)C(=O)Nc1ccc(C(C)(C)C)cc1. The van der Waals surface area contributed by atoms with Crippen LogP contribution in [0, 0.1) is 0 Å². The van der Waals surface area contributed by atoms with Crippen molar-refractivity contribution in [1.82, 2.24) is 0 Å². The van der Waals surface area contributed by atoms with Gasteiger partial charge in [-0.05, 0) is 48.2 Å². The predicted molar refractivity (Wildman–Crippen MR) is 114 cm³/mol. The fraction of sp³-hybridized carbons (Fsp3) is 0.364. The first-order valence-corrected chi connectivity index (χ1v) is 9.23. The number of benzene rings is 2. The molecule has 0 aliphatic carbocycles.